The first-order valence-electron chi connectivity index (χ1n) is 11.5. The SMILES string of the molecule is NCC1CCCC(CN=C(Nc2ccc3c(c2)OCO3)NC2CCCCCC2)C1. The molecule has 4 N–H and O–H groups in total. The number of nitrogens with zero attached hydrogens (tertiary/aromatic N) is 1. The first-order valence-corrected chi connectivity index (χ1v) is 11.5. The van der Waals surface area contributed by atoms with E-state index in [1.54, 1.807) is 0 Å². The molecule has 2 unspecified atom stereocenters. The highest BCUT2D eigenvalue weighted by Gasteiger charge is 2.21. The Balaban J connectivity index is 1.43. The molecule has 6 nitrogen and oxygen atoms in total. The summed E-state index contributed by atoms with van der Waals surface area (Å²) in [5.74, 6) is 3.80. The average Bonchev–Trinajstić information content (AvgIpc) is 3.07. The van der Waals surface area contributed by atoms with Gasteiger partial charge in [-0.05, 0) is 62.6 Å². The number of aliphatic imine (C=N–C) groups is 1. The quantitative estimate of drug-likeness (QED) is 0.391. The van der Waals surface area contributed by atoms with Gasteiger partial charge >= 0.3 is 0 Å². The van der Waals surface area contributed by atoms with Crippen molar-refractivity contribution in [3.05, 3.63) is 18.2 Å². The lowest BCUT2D eigenvalue weighted by atomic mass is 9.81. The summed E-state index contributed by atoms with van der Waals surface area (Å²) in [6, 6.07) is 6.49. The smallest absolute Gasteiger partial charge is 0.231 e. The predicted octanol–water partition coefficient (Wildman–Crippen LogP) is 4.26. The summed E-state index contributed by atoms with van der Waals surface area (Å²) in [5, 5.41) is 7.24. The molecule has 3 aliphatic rings. The summed E-state index contributed by atoms with van der Waals surface area (Å²) in [6.07, 6.45) is 12.8. The molecule has 160 valence electrons. The van der Waals surface area contributed by atoms with Crippen molar-refractivity contribution < 1.29 is 9.47 Å². The van der Waals surface area contributed by atoms with Gasteiger partial charge in [0.1, 0.15) is 0 Å². The van der Waals surface area contributed by atoms with Crippen LogP contribution >= 0.6 is 0 Å². The molecule has 1 aliphatic heterocycles. The van der Waals surface area contributed by atoms with Gasteiger partial charge < -0.3 is 25.8 Å². The molecular weight excluding hydrogens is 364 g/mol. The van der Waals surface area contributed by atoms with E-state index in [9.17, 15) is 0 Å². The van der Waals surface area contributed by atoms with E-state index >= 15 is 0 Å². The van der Waals surface area contributed by atoms with Gasteiger partial charge in [-0.15, -0.1) is 0 Å². The summed E-state index contributed by atoms with van der Waals surface area (Å²) in [5.41, 5.74) is 6.91. The molecule has 6 heteroatoms. The maximum atomic E-state index is 5.92. The van der Waals surface area contributed by atoms with Gasteiger partial charge in [-0.25, -0.2) is 0 Å². The molecule has 1 aromatic carbocycles. The van der Waals surface area contributed by atoms with Crippen LogP contribution in [0.25, 0.3) is 0 Å². The fraction of sp³-hybridized carbons (Fsp3) is 0.696. The number of hydrogen-bond donors (Lipinski definition) is 3. The van der Waals surface area contributed by atoms with Crippen molar-refractivity contribution in [1.29, 1.82) is 0 Å². The van der Waals surface area contributed by atoms with Gasteiger partial charge in [-0.1, -0.05) is 32.1 Å². The molecule has 2 atom stereocenters. The third-order valence-electron chi connectivity index (χ3n) is 6.56. The zero-order chi connectivity index (χ0) is 19.9. The number of guanidine groups is 1. The minimum Gasteiger partial charge on any atom is -0.454 e. The van der Waals surface area contributed by atoms with E-state index in [4.69, 9.17) is 20.2 Å². The zero-order valence-electron chi connectivity index (χ0n) is 17.5. The van der Waals surface area contributed by atoms with Crippen LogP contribution < -0.4 is 25.8 Å². The van der Waals surface area contributed by atoms with Crippen LogP contribution in [0, 0.1) is 11.8 Å². The van der Waals surface area contributed by atoms with E-state index < -0.39 is 0 Å². The Morgan fingerprint density at radius 1 is 0.966 bits per heavy atom. The molecule has 1 heterocycles. The number of anilines is 1. The van der Waals surface area contributed by atoms with Crippen molar-refractivity contribution in [3.63, 3.8) is 0 Å². The molecule has 29 heavy (non-hydrogen) atoms. The van der Waals surface area contributed by atoms with Gasteiger partial charge in [0, 0.05) is 24.3 Å². The normalized spacial score (nSPS) is 25.5. The number of hydrogen-bond acceptors (Lipinski definition) is 4. The second-order valence-corrected chi connectivity index (χ2v) is 8.85. The van der Waals surface area contributed by atoms with Crippen molar-refractivity contribution in [1.82, 2.24) is 5.32 Å². The molecule has 2 aliphatic carbocycles. The zero-order valence-corrected chi connectivity index (χ0v) is 17.5. The molecule has 4 rings (SSSR count). The fourth-order valence-corrected chi connectivity index (χ4v) is 4.85. The van der Waals surface area contributed by atoms with Gasteiger partial charge in [0.2, 0.25) is 6.79 Å². The van der Waals surface area contributed by atoms with Crippen LogP contribution in [0.2, 0.25) is 0 Å². The molecule has 0 spiro atoms. The minimum absolute atomic E-state index is 0.296. The third-order valence-corrected chi connectivity index (χ3v) is 6.56. The molecule has 2 saturated carbocycles. The second-order valence-electron chi connectivity index (χ2n) is 8.85. The summed E-state index contributed by atoms with van der Waals surface area (Å²) in [7, 11) is 0. The predicted molar refractivity (Wildman–Crippen MR) is 118 cm³/mol. The lowest BCUT2D eigenvalue weighted by molar-refractivity contribution is 0.174. The summed E-state index contributed by atoms with van der Waals surface area (Å²) in [4.78, 5) is 5.01. The van der Waals surface area contributed by atoms with Crippen LogP contribution in [0.4, 0.5) is 5.69 Å². The molecule has 0 radical (unpaired) electrons. The maximum absolute atomic E-state index is 5.92. The van der Waals surface area contributed by atoms with E-state index in [2.05, 4.69) is 10.6 Å². The van der Waals surface area contributed by atoms with Crippen molar-refractivity contribution in [2.45, 2.75) is 70.3 Å². The van der Waals surface area contributed by atoms with E-state index in [0.717, 1.165) is 36.2 Å². The Kier molecular flexibility index (Phi) is 7.14. The van der Waals surface area contributed by atoms with Gasteiger partial charge in [0.25, 0.3) is 0 Å². The number of nitrogens with one attached hydrogen (secondary N) is 2. The van der Waals surface area contributed by atoms with Crippen molar-refractivity contribution in [2.75, 3.05) is 25.2 Å². The summed E-state index contributed by atoms with van der Waals surface area (Å²) in [6.45, 7) is 1.97. The van der Waals surface area contributed by atoms with Crippen molar-refractivity contribution in [2.24, 2.45) is 22.6 Å². The van der Waals surface area contributed by atoms with E-state index in [1.165, 1.54) is 64.2 Å². The van der Waals surface area contributed by atoms with Crippen LogP contribution in [0.3, 0.4) is 0 Å². The third kappa shape index (κ3) is 5.78. The van der Waals surface area contributed by atoms with Crippen LogP contribution in [-0.2, 0) is 0 Å². The molecule has 0 saturated heterocycles. The molecule has 0 aromatic heterocycles. The van der Waals surface area contributed by atoms with E-state index in [0.29, 0.717) is 24.7 Å². The molecular formula is C23H36N4O2. The van der Waals surface area contributed by atoms with E-state index in [1.807, 2.05) is 18.2 Å². The van der Waals surface area contributed by atoms with Gasteiger partial charge in [-0.2, -0.15) is 0 Å². The average molecular weight is 401 g/mol. The van der Waals surface area contributed by atoms with E-state index in [-0.39, 0.29) is 0 Å². The first-order chi connectivity index (χ1) is 14.3. The van der Waals surface area contributed by atoms with Crippen molar-refractivity contribution >= 4 is 11.6 Å². The standard InChI is InChI=1S/C23H36N4O2/c24-14-17-6-5-7-18(12-17)15-25-23(26-19-8-3-1-2-4-9-19)27-20-10-11-21-22(13-20)29-16-28-21/h10-11,13,17-19H,1-9,12,14-16,24H2,(H2,25,26,27). The largest absolute Gasteiger partial charge is 0.454 e. The van der Waals surface area contributed by atoms with Crippen LogP contribution in [-0.4, -0.2) is 31.9 Å². The monoisotopic (exact) mass is 400 g/mol. The number of ether oxygens (including phenoxy) is 2. The van der Waals surface area contributed by atoms with Crippen LogP contribution in [0.1, 0.15) is 64.2 Å². The Morgan fingerprint density at radius 2 is 1.76 bits per heavy atom. The highest BCUT2D eigenvalue weighted by Crippen LogP contribution is 2.34. The van der Waals surface area contributed by atoms with Crippen LogP contribution in [0.5, 0.6) is 11.5 Å². The van der Waals surface area contributed by atoms with Gasteiger partial charge in [0.15, 0.2) is 17.5 Å². The number of benzene rings is 1. The van der Waals surface area contributed by atoms with Gasteiger partial charge in [0.05, 0.1) is 0 Å². The lowest BCUT2D eigenvalue weighted by Gasteiger charge is -2.27. The minimum atomic E-state index is 0.296. The van der Waals surface area contributed by atoms with Crippen LogP contribution in [0.15, 0.2) is 23.2 Å². The molecule has 0 bridgehead atoms. The lowest BCUT2D eigenvalue weighted by Crippen LogP contribution is -2.39. The number of rotatable bonds is 5. The first kappa shape index (κ1) is 20.3. The highest BCUT2D eigenvalue weighted by atomic mass is 16.7. The molecule has 0 amide bonds. The topological polar surface area (TPSA) is 80.9 Å². The highest BCUT2D eigenvalue weighted by molar-refractivity contribution is 5.94. The van der Waals surface area contributed by atoms with Gasteiger partial charge in [-0.3, -0.25) is 4.99 Å². The number of fused-ring (bicyclic) bond motifs is 1. The number of nitrogens with two attached hydrogens (primary N) is 1. The van der Waals surface area contributed by atoms with Crippen molar-refractivity contribution in [3.8, 4) is 11.5 Å². The molecule has 2 fully saturated rings. The second kappa shape index (κ2) is 10.2. The summed E-state index contributed by atoms with van der Waals surface area (Å²) < 4.78 is 11.0. The Labute approximate surface area is 174 Å². The molecule has 1 aromatic rings. The Morgan fingerprint density at radius 3 is 2.59 bits per heavy atom. The summed E-state index contributed by atoms with van der Waals surface area (Å²) >= 11 is 0. The maximum Gasteiger partial charge on any atom is 0.231 e. The fourth-order valence-electron chi connectivity index (χ4n) is 4.85. The Bertz CT molecular complexity index is 685. The Hall–Kier alpha value is -1.95.